The Hall–Kier alpha value is -2.73. The second-order valence-corrected chi connectivity index (χ2v) is 6.49. The lowest BCUT2D eigenvalue weighted by Crippen LogP contribution is -2.40. The van der Waals surface area contributed by atoms with Crippen LogP contribution in [0.25, 0.3) is 16.6 Å². The van der Waals surface area contributed by atoms with Gasteiger partial charge in [0.2, 0.25) is 0 Å². The first kappa shape index (κ1) is 14.8. The normalized spacial score (nSPS) is 25.5. The number of aliphatic imine (C=N–C) groups is 1. The van der Waals surface area contributed by atoms with Crippen molar-refractivity contribution in [2.75, 3.05) is 6.54 Å². The van der Waals surface area contributed by atoms with Crippen molar-refractivity contribution in [3.8, 4) is 0 Å². The van der Waals surface area contributed by atoms with Gasteiger partial charge in [0.05, 0.1) is 17.5 Å². The number of rotatable bonds is 3. The number of H-pyrrole nitrogens is 1. The third-order valence-electron chi connectivity index (χ3n) is 4.73. The lowest BCUT2D eigenvalue weighted by Gasteiger charge is -2.37. The van der Waals surface area contributed by atoms with Gasteiger partial charge < -0.3 is 26.5 Å². The van der Waals surface area contributed by atoms with E-state index < -0.39 is 0 Å². The van der Waals surface area contributed by atoms with Gasteiger partial charge in [-0.1, -0.05) is 18.2 Å². The first-order valence-electron chi connectivity index (χ1n) is 8.14. The molecule has 6 nitrogen and oxygen atoms in total. The number of fused-ring (bicyclic) bond motifs is 1. The quantitative estimate of drug-likeness (QED) is 0.690. The molecule has 1 aliphatic heterocycles. The zero-order chi connectivity index (χ0) is 16.7. The van der Waals surface area contributed by atoms with Gasteiger partial charge in [0, 0.05) is 29.8 Å². The summed E-state index contributed by atoms with van der Waals surface area (Å²) in [5, 5.41) is 10.6. The molecule has 4 rings (SSSR count). The number of nitrogens with zero attached hydrogens (tertiary/aromatic N) is 2. The first-order valence-corrected chi connectivity index (χ1v) is 8.14. The van der Waals surface area contributed by atoms with E-state index in [1.807, 2.05) is 41.4 Å². The maximum atomic E-state index is 9.51. The molecule has 0 amide bonds. The van der Waals surface area contributed by atoms with Crippen LogP contribution in [0.2, 0.25) is 0 Å². The molecule has 2 heterocycles. The van der Waals surface area contributed by atoms with E-state index in [2.05, 4.69) is 9.98 Å². The van der Waals surface area contributed by atoms with Gasteiger partial charge >= 0.3 is 0 Å². The topological polar surface area (TPSA) is 104 Å². The van der Waals surface area contributed by atoms with Gasteiger partial charge in [-0.25, -0.2) is 4.99 Å². The average molecular weight is 323 g/mol. The summed E-state index contributed by atoms with van der Waals surface area (Å²) in [4.78, 5) is 9.58. The van der Waals surface area contributed by atoms with Gasteiger partial charge in [-0.05, 0) is 30.9 Å². The smallest absolute Gasteiger partial charge is 0.149 e. The molecule has 2 aromatic rings. The number of aromatic amines is 1. The fourth-order valence-electron chi connectivity index (χ4n) is 3.40. The molecule has 0 saturated heterocycles. The Kier molecular flexibility index (Phi) is 3.54. The molecule has 1 aromatic heterocycles. The molecular formula is C18H21N5O. The molecule has 6 N–H and O–H groups in total. The standard InChI is InChI=1S/C18H21N5O/c19-16(15-9-12-3-1-2-4-14(12)22-15)17-18(20)21-5-6-23(17)10-11-7-13(24)8-11/h1-6,9,11,13,22,24H,7-8,10,19H2,(H2,20,21)/b17-16-. The largest absolute Gasteiger partial charge is 0.395 e. The van der Waals surface area contributed by atoms with E-state index in [4.69, 9.17) is 11.5 Å². The molecule has 0 unspecified atom stereocenters. The molecule has 1 fully saturated rings. The zero-order valence-electron chi connectivity index (χ0n) is 13.3. The number of nitrogens with two attached hydrogens (primary N) is 2. The van der Waals surface area contributed by atoms with E-state index in [1.54, 1.807) is 6.20 Å². The van der Waals surface area contributed by atoms with Crippen molar-refractivity contribution in [3.05, 3.63) is 54.1 Å². The molecule has 0 atom stereocenters. The lowest BCUT2D eigenvalue weighted by atomic mass is 9.82. The summed E-state index contributed by atoms with van der Waals surface area (Å²) in [7, 11) is 0. The van der Waals surface area contributed by atoms with Crippen molar-refractivity contribution in [2.45, 2.75) is 18.9 Å². The number of aliphatic hydroxyl groups excluding tert-OH is 1. The van der Waals surface area contributed by atoms with Crippen molar-refractivity contribution in [1.29, 1.82) is 0 Å². The Morgan fingerprint density at radius 1 is 1.33 bits per heavy atom. The predicted octanol–water partition coefficient (Wildman–Crippen LogP) is 1.71. The molecule has 24 heavy (non-hydrogen) atoms. The highest BCUT2D eigenvalue weighted by molar-refractivity contribution is 6.04. The summed E-state index contributed by atoms with van der Waals surface area (Å²) in [5.74, 6) is 0.856. The van der Waals surface area contributed by atoms with Crippen LogP contribution in [0.15, 0.2) is 53.4 Å². The summed E-state index contributed by atoms with van der Waals surface area (Å²) in [6.07, 6.45) is 5.05. The van der Waals surface area contributed by atoms with E-state index in [0.29, 0.717) is 17.5 Å². The third-order valence-corrected chi connectivity index (χ3v) is 4.73. The Morgan fingerprint density at radius 3 is 2.88 bits per heavy atom. The maximum absolute atomic E-state index is 9.51. The minimum Gasteiger partial charge on any atom is -0.395 e. The van der Waals surface area contributed by atoms with Gasteiger partial charge in [0.1, 0.15) is 11.5 Å². The molecule has 0 radical (unpaired) electrons. The van der Waals surface area contributed by atoms with Crippen molar-refractivity contribution >= 4 is 22.4 Å². The van der Waals surface area contributed by atoms with Crippen LogP contribution in [-0.2, 0) is 0 Å². The van der Waals surface area contributed by atoms with Crippen LogP contribution in [0.1, 0.15) is 18.5 Å². The van der Waals surface area contributed by atoms with E-state index in [0.717, 1.165) is 41.7 Å². The average Bonchev–Trinajstić information content (AvgIpc) is 2.97. The minimum atomic E-state index is -0.173. The van der Waals surface area contributed by atoms with Crippen LogP contribution < -0.4 is 11.5 Å². The Balaban J connectivity index is 1.69. The lowest BCUT2D eigenvalue weighted by molar-refractivity contribution is 0.0349. The Labute approximate surface area is 140 Å². The Bertz CT molecular complexity index is 824. The number of amidine groups is 1. The summed E-state index contributed by atoms with van der Waals surface area (Å²) >= 11 is 0. The van der Waals surface area contributed by atoms with Gasteiger partial charge in [-0.3, -0.25) is 0 Å². The molecule has 1 aliphatic carbocycles. The number of hydrogen-bond acceptors (Lipinski definition) is 5. The van der Waals surface area contributed by atoms with E-state index in [9.17, 15) is 5.11 Å². The number of hydrogen-bond donors (Lipinski definition) is 4. The van der Waals surface area contributed by atoms with Gasteiger partial charge in [-0.2, -0.15) is 0 Å². The summed E-state index contributed by atoms with van der Waals surface area (Å²) in [6.45, 7) is 0.778. The molecule has 0 spiro atoms. The Morgan fingerprint density at radius 2 is 2.12 bits per heavy atom. The highest BCUT2D eigenvalue weighted by Crippen LogP contribution is 2.31. The van der Waals surface area contributed by atoms with Gasteiger partial charge in [-0.15, -0.1) is 0 Å². The van der Waals surface area contributed by atoms with Crippen molar-refractivity contribution in [2.24, 2.45) is 22.4 Å². The van der Waals surface area contributed by atoms with E-state index >= 15 is 0 Å². The fraction of sp³-hybridized carbons (Fsp3) is 0.278. The molecule has 1 aromatic carbocycles. The second kappa shape index (κ2) is 5.72. The van der Waals surface area contributed by atoms with Crippen LogP contribution in [-0.4, -0.2) is 33.5 Å². The zero-order valence-corrected chi connectivity index (χ0v) is 13.3. The highest BCUT2D eigenvalue weighted by Gasteiger charge is 2.30. The number of benzene rings is 1. The SMILES string of the molecule is NC1=NC=CN(CC2CC(O)C2)/C1=C(\N)c1cc2ccccc2[nH]1. The van der Waals surface area contributed by atoms with Gasteiger partial charge in [0.25, 0.3) is 0 Å². The second-order valence-electron chi connectivity index (χ2n) is 6.49. The number of nitrogens with one attached hydrogen (secondary N) is 1. The van der Waals surface area contributed by atoms with E-state index in [-0.39, 0.29) is 6.10 Å². The van der Waals surface area contributed by atoms with Crippen LogP contribution >= 0.6 is 0 Å². The van der Waals surface area contributed by atoms with Crippen molar-refractivity contribution in [1.82, 2.24) is 9.88 Å². The van der Waals surface area contributed by atoms with Crippen LogP contribution in [0.5, 0.6) is 0 Å². The fourth-order valence-corrected chi connectivity index (χ4v) is 3.40. The molecule has 1 saturated carbocycles. The molecular weight excluding hydrogens is 302 g/mol. The van der Waals surface area contributed by atoms with E-state index in [1.165, 1.54) is 0 Å². The third kappa shape index (κ3) is 2.55. The first-order chi connectivity index (χ1) is 11.6. The van der Waals surface area contributed by atoms with Crippen LogP contribution in [0.4, 0.5) is 0 Å². The number of aliphatic hydroxyl groups is 1. The van der Waals surface area contributed by atoms with Crippen LogP contribution in [0.3, 0.4) is 0 Å². The molecule has 6 heteroatoms. The molecule has 0 bridgehead atoms. The maximum Gasteiger partial charge on any atom is 0.149 e. The van der Waals surface area contributed by atoms with Gasteiger partial charge in [0.15, 0.2) is 0 Å². The molecule has 124 valence electrons. The van der Waals surface area contributed by atoms with Crippen LogP contribution in [0, 0.1) is 5.92 Å². The highest BCUT2D eigenvalue weighted by atomic mass is 16.3. The minimum absolute atomic E-state index is 0.173. The number of aromatic nitrogens is 1. The monoisotopic (exact) mass is 323 g/mol. The summed E-state index contributed by atoms with van der Waals surface area (Å²) in [6, 6.07) is 10.1. The number of para-hydroxylation sites is 1. The predicted molar refractivity (Wildman–Crippen MR) is 95.6 cm³/mol. The molecule has 2 aliphatic rings. The van der Waals surface area contributed by atoms with Crippen molar-refractivity contribution < 1.29 is 5.11 Å². The summed E-state index contributed by atoms with van der Waals surface area (Å²) < 4.78 is 0. The summed E-state index contributed by atoms with van der Waals surface area (Å²) in [5.41, 5.74) is 15.7. The van der Waals surface area contributed by atoms with Crippen molar-refractivity contribution in [3.63, 3.8) is 0 Å².